The van der Waals surface area contributed by atoms with E-state index in [1.54, 1.807) is 9.80 Å². The van der Waals surface area contributed by atoms with E-state index in [0.717, 1.165) is 5.69 Å². The van der Waals surface area contributed by atoms with E-state index in [2.05, 4.69) is 0 Å². The minimum atomic E-state index is -0.286. The largest absolute Gasteiger partial charge is 0.449 e. The van der Waals surface area contributed by atoms with E-state index in [4.69, 9.17) is 4.74 Å². The van der Waals surface area contributed by atoms with Gasteiger partial charge in [0.15, 0.2) is 0 Å². The van der Waals surface area contributed by atoms with E-state index in [1.807, 2.05) is 57.1 Å². The number of rotatable bonds is 4. The van der Waals surface area contributed by atoms with Crippen molar-refractivity contribution >= 4 is 17.7 Å². The van der Waals surface area contributed by atoms with Crippen LogP contribution in [0.4, 0.5) is 10.5 Å². The summed E-state index contributed by atoms with van der Waals surface area (Å²) in [6.07, 6.45) is -0.286. The summed E-state index contributed by atoms with van der Waals surface area (Å²) >= 11 is 0. The van der Waals surface area contributed by atoms with Crippen molar-refractivity contribution in [2.45, 2.75) is 13.8 Å². The number of piperazine rings is 1. The summed E-state index contributed by atoms with van der Waals surface area (Å²) in [4.78, 5) is 29.9. The van der Waals surface area contributed by atoms with E-state index in [0.29, 0.717) is 44.3 Å². The molecule has 2 rings (SSSR count). The zero-order chi connectivity index (χ0) is 17.7. The molecule has 0 atom stereocenters. The lowest BCUT2D eigenvalue weighted by molar-refractivity contribution is 0.0535. The number of carbonyl (C=O) groups is 2. The van der Waals surface area contributed by atoms with Gasteiger partial charge in [-0.05, 0) is 30.2 Å². The van der Waals surface area contributed by atoms with Crippen LogP contribution in [0.2, 0.25) is 0 Å². The van der Waals surface area contributed by atoms with Crippen molar-refractivity contribution in [1.82, 2.24) is 9.80 Å². The van der Waals surface area contributed by atoms with Crippen molar-refractivity contribution in [2.75, 3.05) is 51.8 Å². The van der Waals surface area contributed by atoms with Crippen LogP contribution in [0, 0.1) is 5.92 Å². The van der Waals surface area contributed by atoms with Gasteiger partial charge in [-0.1, -0.05) is 13.8 Å². The maximum Gasteiger partial charge on any atom is 0.409 e. The highest BCUT2D eigenvalue weighted by Gasteiger charge is 2.25. The zero-order valence-corrected chi connectivity index (χ0v) is 15.0. The fraction of sp³-hybridized carbons (Fsp3) is 0.556. The number of hydrogen-bond donors (Lipinski definition) is 0. The van der Waals surface area contributed by atoms with E-state index >= 15 is 0 Å². The first kappa shape index (κ1) is 18.1. The van der Waals surface area contributed by atoms with Gasteiger partial charge < -0.3 is 19.4 Å². The monoisotopic (exact) mass is 333 g/mol. The Labute approximate surface area is 144 Å². The Kier molecular flexibility index (Phi) is 6.06. The second kappa shape index (κ2) is 8.04. The molecule has 0 N–H and O–H groups in total. The van der Waals surface area contributed by atoms with E-state index in [1.165, 1.54) is 0 Å². The normalized spacial score (nSPS) is 14.7. The summed E-state index contributed by atoms with van der Waals surface area (Å²) < 4.78 is 5.24. The molecule has 1 aliphatic heterocycles. The summed E-state index contributed by atoms with van der Waals surface area (Å²) in [7, 11) is 3.93. The highest BCUT2D eigenvalue weighted by Crippen LogP contribution is 2.15. The van der Waals surface area contributed by atoms with Crippen LogP contribution >= 0.6 is 0 Å². The third kappa shape index (κ3) is 4.63. The molecule has 0 aromatic heterocycles. The van der Waals surface area contributed by atoms with Gasteiger partial charge in [0.05, 0.1) is 6.61 Å². The van der Waals surface area contributed by atoms with Crippen LogP contribution in [0.1, 0.15) is 24.2 Å². The Morgan fingerprint density at radius 3 is 2.08 bits per heavy atom. The van der Waals surface area contributed by atoms with Gasteiger partial charge in [-0.3, -0.25) is 4.79 Å². The third-order valence-corrected chi connectivity index (χ3v) is 4.00. The molecule has 1 aliphatic rings. The minimum absolute atomic E-state index is 0.00973. The van der Waals surface area contributed by atoms with Crippen molar-refractivity contribution in [3.05, 3.63) is 29.8 Å². The van der Waals surface area contributed by atoms with Crippen LogP contribution < -0.4 is 4.90 Å². The lowest BCUT2D eigenvalue weighted by Gasteiger charge is -2.34. The van der Waals surface area contributed by atoms with Crippen molar-refractivity contribution in [2.24, 2.45) is 5.92 Å². The Hall–Kier alpha value is -2.24. The maximum absolute atomic E-state index is 12.6. The van der Waals surface area contributed by atoms with Crippen molar-refractivity contribution in [1.29, 1.82) is 0 Å². The molecule has 1 aromatic carbocycles. The highest BCUT2D eigenvalue weighted by molar-refractivity contribution is 5.94. The van der Waals surface area contributed by atoms with Crippen molar-refractivity contribution < 1.29 is 14.3 Å². The van der Waals surface area contributed by atoms with Gasteiger partial charge in [0.2, 0.25) is 0 Å². The quantitative estimate of drug-likeness (QED) is 0.848. The molecular weight excluding hydrogens is 306 g/mol. The van der Waals surface area contributed by atoms with Gasteiger partial charge in [-0.25, -0.2) is 4.79 Å². The number of carbonyl (C=O) groups excluding carboxylic acids is 2. The van der Waals surface area contributed by atoms with Crippen LogP contribution in [0.3, 0.4) is 0 Å². The first-order valence-electron chi connectivity index (χ1n) is 8.37. The molecule has 0 spiro atoms. The summed E-state index contributed by atoms with van der Waals surface area (Å²) in [6.45, 7) is 6.53. The fourth-order valence-electron chi connectivity index (χ4n) is 2.51. The average molecular weight is 333 g/mol. The molecule has 132 valence electrons. The van der Waals surface area contributed by atoms with Crippen LogP contribution in [0.25, 0.3) is 0 Å². The number of anilines is 1. The van der Waals surface area contributed by atoms with Crippen LogP contribution in [0.15, 0.2) is 24.3 Å². The predicted octanol–water partition coefficient (Wildman–Crippen LogP) is 2.30. The number of benzene rings is 1. The molecule has 24 heavy (non-hydrogen) atoms. The smallest absolute Gasteiger partial charge is 0.409 e. The molecule has 6 heteroatoms. The van der Waals surface area contributed by atoms with E-state index < -0.39 is 0 Å². The fourth-order valence-corrected chi connectivity index (χ4v) is 2.51. The molecule has 0 unspecified atom stereocenters. The van der Waals surface area contributed by atoms with Gasteiger partial charge in [-0.2, -0.15) is 0 Å². The topological polar surface area (TPSA) is 53.1 Å². The number of hydrogen-bond acceptors (Lipinski definition) is 4. The second-order valence-electron chi connectivity index (χ2n) is 6.69. The Morgan fingerprint density at radius 2 is 1.58 bits per heavy atom. The summed E-state index contributed by atoms with van der Waals surface area (Å²) in [5.41, 5.74) is 1.74. The van der Waals surface area contributed by atoms with Gasteiger partial charge in [0.1, 0.15) is 0 Å². The molecule has 0 saturated carbocycles. The molecule has 1 heterocycles. The number of amides is 2. The molecule has 6 nitrogen and oxygen atoms in total. The number of nitrogens with zero attached hydrogens (tertiary/aromatic N) is 3. The van der Waals surface area contributed by atoms with Gasteiger partial charge >= 0.3 is 6.09 Å². The summed E-state index contributed by atoms with van der Waals surface area (Å²) in [6, 6.07) is 7.57. The number of ether oxygens (including phenoxy) is 1. The standard InChI is InChI=1S/C18H27N3O3/c1-14(2)13-24-18(23)21-11-9-20(10-12-21)17(22)15-5-7-16(8-6-15)19(3)4/h5-8,14H,9-13H2,1-4H3. The zero-order valence-electron chi connectivity index (χ0n) is 15.0. The summed E-state index contributed by atoms with van der Waals surface area (Å²) in [5.74, 6) is 0.331. The summed E-state index contributed by atoms with van der Waals surface area (Å²) in [5, 5.41) is 0. The maximum atomic E-state index is 12.6. The van der Waals surface area contributed by atoms with E-state index in [9.17, 15) is 9.59 Å². The van der Waals surface area contributed by atoms with E-state index in [-0.39, 0.29) is 12.0 Å². The van der Waals surface area contributed by atoms with Gasteiger partial charge in [-0.15, -0.1) is 0 Å². The highest BCUT2D eigenvalue weighted by atomic mass is 16.6. The molecule has 2 amide bonds. The molecule has 1 saturated heterocycles. The minimum Gasteiger partial charge on any atom is -0.449 e. The van der Waals surface area contributed by atoms with Crippen LogP contribution in [-0.2, 0) is 4.74 Å². The predicted molar refractivity (Wildman–Crippen MR) is 94.4 cm³/mol. The third-order valence-electron chi connectivity index (χ3n) is 4.00. The Bertz CT molecular complexity index is 561. The first-order chi connectivity index (χ1) is 11.4. The van der Waals surface area contributed by atoms with Crippen LogP contribution in [0.5, 0.6) is 0 Å². The SMILES string of the molecule is CC(C)COC(=O)N1CCN(C(=O)c2ccc(N(C)C)cc2)CC1. The van der Waals surface area contributed by atoms with Gasteiger partial charge in [0.25, 0.3) is 5.91 Å². The van der Waals surface area contributed by atoms with Crippen molar-refractivity contribution in [3.8, 4) is 0 Å². The molecule has 0 bridgehead atoms. The molecule has 1 fully saturated rings. The van der Waals surface area contributed by atoms with Crippen LogP contribution in [-0.4, -0.2) is 68.7 Å². The molecule has 1 aromatic rings. The van der Waals surface area contributed by atoms with Gasteiger partial charge in [0, 0.05) is 51.5 Å². The lowest BCUT2D eigenvalue weighted by atomic mass is 10.1. The van der Waals surface area contributed by atoms with Crippen molar-refractivity contribution in [3.63, 3.8) is 0 Å². The Balaban J connectivity index is 1.87. The Morgan fingerprint density at radius 1 is 1.04 bits per heavy atom. The average Bonchev–Trinajstić information content (AvgIpc) is 2.59. The molecular formula is C18H27N3O3. The molecule has 0 radical (unpaired) electrons. The molecule has 0 aliphatic carbocycles. The lowest BCUT2D eigenvalue weighted by Crippen LogP contribution is -2.50. The first-order valence-corrected chi connectivity index (χ1v) is 8.37. The second-order valence-corrected chi connectivity index (χ2v) is 6.69.